The van der Waals surface area contributed by atoms with Gasteiger partial charge in [-0.1, -0.05) is 22.9 Å². The van der Waals surface area contributed by atoms with Gasteiger partial charge in [0, 0.05) is 37.6 Å². The Bertz CT molecular complexity index is 1120. The van der Waals surface area contributed by atoms with Crippen molar-refractivity contribution in [3.05, 3.63) is 52.3 Å². The number of likely N-dealkylation sites (tertiary alicyclic amines) is 1. The number of hydrogen-bond acceptors (Lipinski definition) is 8. The van der Waals surface area contributed by atoms with E-state index >= 15 is 0 Å². The number of aromatic nitrogens is 3. The third kappa shape index (κ3) is 4.66. The van der Waals surface area contributed by atoms with Crippen molar-refractivity contribution in [3.63, 3.8) is 0 Å². The van der Waals surface area contributed by atoms with Crippen LogP contribution in [0.1, 0.15) is 26.6 Å². The normalized spacial score (nSPS) is 15.7. The molecule has 3 heterocycles. The van der Waals surface area contributed by atoms with Crippen LogP contribution in [0.4, 0.5) is 11.4 Å². The van der Waals surface area contributed by atoms with Gasteiger partial charge in [0.15, 0.2) is 5.01 Å². The quantitative estimate of drug-likeness (QED) is 0.502. The first-order valence-corrected chi connectivity index (χ1v) is 10.7. The number of carbonyl (C=O) groups excluding carboxylic acids is 2. The summed E-state index contributed by atoms with van der Waals surface area (Å²) < 4.78 is 0. The molecule has 0 spiro atoms. The van der Waals surface area contributed by atoms with E-state index in [0.29, 0.717) is 46.5 Å². The first kappa shape index (κ1) is 21.2. The Morgan fingerprint density at radius 1 is 1.26 bits per heavy atom. The molecule has 1 atom stereocenters. The second-order valence-corrected chi connectivity index (χ2v) is 8.30. The van der Waals surface area contributed by atoms with E-state index in [-0.39, 0.29) is 16.8 Å². The number of halogens is 1. The van der Waals surface area contributed by atoms with Crippen LogP contribution in [0.2, 0.25) is 5.15 Å². The lowest BCUT2D eigenvalue weighted by Crippen LogP contribution is -2.29. The van der Waals surface area contributed by atoms with E-state index in [2.05, 4.69) is 25.8 Å². The number of pyridine rings is 1. The van der Waals surface area contributed by atoms with Crippen LogP contribution in [0.15, 0.2) is 36.5 Å². The molecule has 1 aliphatic heterocycles. The molecular formula is C20H19ClN6O3S. The fraction of sp³-hybridized carbons (Fsp3) is 0.250. The van der Waals surface area contributed by atoms with E-state index in [9.17, 15) is 14.7 Å². The predicted molar refractivity (Wildman–Crippen MR) is 118 cm³/mol. The van der Waals surface area contributed by atoms with Gasteiger partial charge in [-0.3, -0.25) is 9.59 Å². The molecule has 2 aromatic heterocycles. The zero-order valence-corrected chi connectivity index (χ0v) is 18.1. The van der Waals surface area contributed by atoms with Gasteiger partial charge in [0.05, 0.1) is 17.4 Å². The summed E-state index contributed by atoms with van der Waals surface area (Å²) in [5, 5.41) is 24.7. The summed E-state index contributed by atoms with van der Waals surface area (Å²) in [6, 6.07) is 8.61. The topological polar surface area (TPSA) is 120 Å². The molecule has 3 N–H and O–H groups in total. The summed E-state index contributed by atoms with van der Waals surface area (Å²) in [4.78, 5) is 30.0. The Labute approximate surface area is 187 Å². The highest BCUT2D eigenvalue weighted by Gasteiger charge is 2.28. The van der Waals surface area contributed by atoms with Crippen LogP contribution in [-0.2, 0) is 0 Å². The Morgan fingerprint density at radius 2 is 2.03 bits per heavy atom. The predicted octanol–water partition coefficient (Wildman–Crippen LogP) is 2.56. The molecule has 1 unspecified atom stereocenters. The van der Waals surface area contributed by atoms with Crippen LogP contribution in [0.5, 0.6) is 0 Å². The summed E-state index contributed by atoms with van der Waals surface area (Å²) in [5.41, 5.74) is 2.56. The summed E-state index contributed by atoms with van der Waals surface area (Å²) in [6.45, 7) is 0.797. The molecule has 1 fully saturated rings. The van der Waals surface area contributed by atoms with Gasteiger partial charge >= 0.3 is 0 Å². The number of carbonyl (C=O) groups is 2. The maximum absolute atomic E-state index is 12.6. The minimum Gasteiger partial charge on any atom is -0.391 e. The summed E-state index contributed by atoms with van der Waals surface area (Å²) >= 11 is 7.24. The Hall–Kier alpha value is -3.08. The number of aliphatic hydroxyl groups is 1. The van der Waals surface area contributed by atoms with Crippen LogP contribution in [0, 0.1) is 0 Å². The van der Waals surface area contributed by atoms with Gasteiger partial charge in [-0.15, -0.1) is 10.2 Å². The lowest BCUT2D eigenvalue weighted by molar-refractivity contribution is 0.0763. The zero-order chi connectivity index (χ0) is 22.0. The Balaban J connectivity index is 1.58. The van der Waals surface area contributed by atoms with Gasteiger partial charge in [0.1, 0.15) is 5.15 Å². The van der Waals surface area contributed by atoms with Crippen molar-refractivity contribution in [2.45, 2.75) is 12.5 Å². The van der Waals surface area contributed by atoms with Crippen molar-refractivity contribution >= 4 is 46.1 Å². The number of hydrogen-bond donors (Lipinski definition) is 3. The van der Waals surface area contributed by atoms with E-state index < -0.39 is 6.10 Å². The molecule has 31 heavy (non-hydrogen) atoms. The van der Waals surface area contributed by atoms with Gasteiger partial charge in [-0.05, 0) is 36.8 Å². The summed E-state index contributed by atoms with van der Waals surface area (Å²) in [7, 11) is 1.58. The molecule has 160 valence electrons. The molecule has 11 heteroatoms. The Morgan fingerprint density at radius 3 is 2.71 bits per heavy atom. The number of nitrogens with one attached hydrogen (secondary N) is 2. The first-order valence-electron chi connectivity index (χ1n) is 9.50. The lowest BCUT2D eigenvalue weighted by Gasteiger charge is -2.12. The maximum Gasteiger partial charge on any atom is 0.284 e. The molecule has 3 aromatic rings. The van der Waals surface area contributed by atoms with Crippen LogP contribution in [0.25, 0.3) is 10.6 Å². The molecule has 1 aromatic carbocycles. The SMILES string of the molecule is CNC(=O)c1ccc(Nc2cc(Cl)ncc2-c2nnc(C(=O)N3CCC(O)C3)s2)cc1. The summed E-state index contributed by atoms with van der Waals surface area (Å²) in [6.07, 6.45) is 1.63. The number of aliphatic hydroxyl groups excluding tert-OH is 1. The molecule has 0 bridgehead atoms. The smallest absolute Gasteiger partial charge is 0.284 e. The molecular weight excluding hydrogens is 440 g/mol. The highest BCUT2D eigenvalue weighted by atomic mass is 35.5. The van der Waals surface area contributed by atoms with Crippen molar-refractivity contribution in [1.82, 2.24) is 25.4 Å². The van der Waals surface area contributed by atoms with Crippen molar-refractivity contribution in [1.29, 1.82) is 0 Å². The van der Waals surface area contributed by atoms with Crippen LogP contribution >= 0.6 is 22.9 Å². The van der Waals surface area contributed by atoms with E-state index in [1.165, 1.54) is 0 Å². The second-order valence-electron chi connectivity index (χ2n) is 6.94. The van der Waals surface area contributed by atoms with Crippen LogP contribution in [0.3, 0.4) is 0 Å². The molecule has 1 saturated heterocycles. The number of β-amino-alcohol motifs (C(OH)–C–C–N with tert-alkyl or cyclic N) is 1. The monoisotopic (exact) mass is 458 g/mol. The van der Waals surface area contributed by atoms with E-state index in [0.717, 1.165) is 17.0 Å². The minimum atomic E-state index is -0.498. The number of anilines is 2. The zero-order valence-electron chi connectivity index (χ0n) is 16.5. The van der Waals surface area contributed by atoms with Crippen molar-refractivity contribution < 1.29 is 14.7 Å². The third-order valence-corrected chi connectivity index (χ3v) is 5.96. The molecule has 0 radical (unpaired) electrons. The largest absolute Gasteiger partial charge is 0.391 e. The third-order valence-electron chi connectivity index (χ3n) is 4.81. The highest BCUT2D eigenvalue weighted by molar-refractivity contribution is 7.16. The van der Waals surface area contributed by atoms with Crippen LogP contribution in [-0.4, -0.2) is 63.2 Å². The van der Waals surface area contributed by atoms with Crippen molar-refractivity contribution in [3.8, 4) is 10.6 Å². The first-order chi connectivity index (χ1) is 14.9. The fourth-order valence-corrected chi connectivity index (χ4v) is 4.18. The van der Waals surface area contributed by atoms with Crippen LogP contribution < -0.4 is 10.6 Å². The van der Waals surface area contributed by atoms with E-state index in [1.54, 1.807) is 48.5 Å². The van der Waals surface area contributed by atoms with Gasteiger partial charge in [-0.2, -0.15) is 0 Å². The number of nitrogens with zero attached hydrogens (tertiary/aromatic N) is 4. The molecule has 9 nitrogen and oxygen atoms in total. The van der Waals surface area contributed by atoms with E-state index in [1.807, 2.05) is 0 Å². The average molecular weight is 459 g/mol. The lowest BCUT2D eigenvalue weighted by atomic mass is 10.2. The standard InChI is InChI=1S/C20H19ClN6O3S/c1-22-17(29)11-2-4-12(5-3-11)24-15-8-16(21)23-9-14(15)18-25-26-19(31-18)20(30)27-7-6-13(28)10-27/h2-5,8-9,13,28H,6-7,10H2,1H3,(H,22,29)(H,23,24). The van der Waals surface area contributed by atoms with Gasteiger partial charge in [0.25, 0.3) is 11.8 Å². The fourth-order valence-electron chi connectivity index (χ4n) is 3.19. The van der Waals surface area contributed by atoms with Gasteiger partial charge in [0.2, 0.25) is 5.01 Å². The number of rotatable bonds is 5. The minimum absolute atomic E-state index is 0.171. The maximum atomic E-state index is 12.6. The van der Waals surface area contributed by atoms with Crippen molar-refractivity contribution in [2.75, 3.05) is 25.5 Å². The summed E-state index contributed by atoms with van der Waals surface area (Å²) in [5.74, 6) is -0.419. The second kappa shape index (κ2) is 8.96. The molecule has 0 aliphatic carbocycles. The molecule has 2 amide bonds. The van der Waals surface area contributed by atoms with Gasteiger partial charge in [-0.25, -0.2) is 4.98 Å². The Kier molecular flexibility index (Phi) is 6.12. The van der Waals surface area contributed by atoms with Crippen molar-refractivity contribution in [2.24, 2.45) is 0 Å². The molecule has 4 rings (SSSR count). The molecule has 0 saturated carbocycles. The van der Waals surface area contributed by atoms with Gasteiger partial charge < -0.3 is 20.6 Å². The molecule has 1 aliphatic rings. The highest BCUT2D eigenvalue weighted by Crippen LogP contribution is 2.34. The average Bonchev–Trinajstić information content (AvgIpc) is 3.43. The number of amides is 2. The van der Waals surface area contributed by atoms with E-state index in [4.69, 9.17) is 11.6 Å². The number of benzene rings is 1.